The van der Waals surface area contributed by atoms with Gasteiger partial charge < -0.3 is 10.1 Å². The maximum Gasteiger partial charge on any atom is 0.309 e. The standard InChI is InChI=1S/C28H27ClFN3O4/c1-14-13-31-21(16-6-5-7-20(24(16)30)32-27(36)28(3)8-9-28)12-22(14)33-15(2)10-18(23(29)25(33)34)17-11-19(17)26(35)37-4/h5-7,10,12-13,17,19H,8-9,11H2,1-4H3,(H,32,36)/t17-,19+/m1/s1. The summed E-state index contributed by atoms with van der Waals surface area (Å²) in [6.07, 6.45) is 3.71. The molecule has 0 spiro atoms. The molecule has 0 aliphatic heterocycles. The van der Waals surface area contributed by atoms with Gasteiger partial charge in [0, 0.05) is 22.9 Å². The lowest BCUT2D eigenvalue weighted by molar-refractivity contribution is -0.142. The largest absolute Gasteiger partial charge is 0.469 e. The highest BCUT2D eigenvalue weighted by Crippen LogP contribution is 2.50. The zero-order chi connectivity index (χ0) is 26.6. The van der Waals surface area contributed by atoms with Gasteiger partial charge in [0.2, 0.25) is 5.91 Å². The Morgan fingerprint density at radius 2 is 1.97 bits per heavy atom. The summed E-state index contributed by atoms with van der Waals surface area (Å²) >= 11 is 6.51. The van der Waals surface area contributed by atoms with Crippen LogP contribution in [-0.4, -0.2) is 28.5 Å². The summed E-state index contributed by atoms with van der Waals surface area (Å²) in [6.45, 7) is 5.44. The number of esters is 1. The van der Waals surface area contributed by atoms with Gasteiger partial charge in [0.1, 0.15) is 5.02 Å². The second-order valence-electron chi connectivity index (χ2n) is 10.2. The molecule has 2 aliphatic rings. The summed E-state index contributed by atoms with van der Waals surface area (Å²) in [5.41, 5.74) is 2.19. The van der Waals surface area contributed by atoms with E-state index in [1.165, 1.54) is 17.7 Å². The molecular weight excluding hydrogens is 497 g/mol. The molecule has 2 atom stereocenters. The number of benzene rings is 1. The predicted molar refractivity (Wildman–Crippen MR) is 139 cm³/mol. The second-order valence-corrected chi connectivity index (χ2v) is 10.6. The van der Waals surface area contributed by atoms with Gasteiger partial charge in [0.15, 0.2) is 5.82 Å². The zero-order valence-electron chi connectivity index (χ0n) is 21.0. The number of halogens is 2. The fourth-order valence-corrected chi connectivity index (χ4v) is 4.95. The van der Waals surface area contributed by atoms with Gasteiger partial charge in [-0.3, -0.25) is 23.9 Å². The Bertz CT molecular complexity index is 1510. The van der Waals surface area contributed by atoms with E-state index < -0.39 is 16.8 Å². The molecule has 2 fully saturated rings. The average molecular weight is 524 g/mol. The summed E-state index contributed by atoms with van der Waals surface area (Å²) in [7, 11) is 1.34. The van der Waals surface area contributed by atoms with Gasteiger partial charge in [-0.2, -0.15) is 0 Å². The minimum absolute atomic E-state index is 0.0456. The van der Waals surface area contributed by atoms with Crippen molar-refractivity contribution >= 4 is 29.2 Å². The number of nitrogens with zero attached hydrogens (tertiary/aromatic N) is 2. The maximum absolute atomic E-state index is 15.5. The van der Waals surface area contributed by atoms with Crippen molar-refractivity contribution in [3.8, 4) is 16.9 Å². The molecule has 37 heavy (non-hydrogen) atoms. The minimum Gasteiger partial charge on any atom is -0.469 e. The van der Waals surface area contributed by atoms with Crippen LogP contribution >= 0.6 is 11.6 Å². The van der Waals surface area contributed by atoms with Crippen molar-refractivity contribution in [3.63, 3.8) is 0 Å². The average Bonchev–Trinajstić information content (AvgIpc) is 3.80. The number of aromatic nitrogens is 2. The van der Waals surface area contributed by atoms with Gasteiger partial charge >= 0.3 is 5.97 Å². The van der Waals surface area contributed by atoms with Crippen LogP contribution in [0.1, 0.15) is 48.9 Å². The van der Waals surface area contributed by atoms with E-state index in [-0.39, 0.29) is 40.0 Å². The quantitative estimate of drug-likeness (QED) is 0.441. The van der Waals surface area contributed by atoms with Crippen molar-refractivity contribution in [1.29, 1.82) is 0 Å². The van der Waals surface area contributed by atoms with Gasteiger partial charge in [0.05, 0.1) is 30.1 Å². The number of hydrogen-bond donors (Lipinski definition) is 1. The van der Waals surface area contributed by atoms with E-state index in [0.717, 1.165) is 12.8 Å². The number of rotatable bonds is 6. The van der Waals surface area contributed by atoms with Crippen LogP contribution in [0.3, 0.4) is 0 Å². The maximum atomic E-state index is 15.5. The van der Waals surface area contributed by atoms with Crippen LogP contribution in [0.25, 0.3) is 16.9 Å². The van der Waals surface area contributed by atoms with E-state index in [1.807, 2.05) is 13.0 Å². The minimum atomic E-state index is -0.595. The number of aryl methyl sites for hydroxylation is 2. The van der Waals surface area contributed by atoms with Crippen LogP contribution in [-0.2, 0) is 14.3 Å². The van der Waals surface area contributed by atoms with Gasteiger partial charge in [-0.05, 0) is 74.4 Å². The molecule has 192 valence electrons. The summed E-state index contributed by atoms with van der Waals surface area (Å²) in [5.74, 6) is -1.57. The van der Waals surface area contributed by atoms with Gasteiger partial charge in [0.25, 0.3) is 5.56 Å². The summed E-state index contributed by atoms with van der Waals surface area (Å²) in [6, 6.07) is 8.20. The summed E-state index contributed by atoms with van der Waals surface area (Å²) in [5, 5.41) is 2.74. The molecule has 7 nitrogen and oxygen atoms in total. The van der Waals surface area contributed by atoms with Crippen LogP contribution in [0, 0.1) is 31.0 Å². The normalized spacial score (nSPS) is 19.3. The highest BCUT2D eigenvalue weighted by Gasteiger charge is 2.47. The van der Waals surface area contributed by atoms with E-state index in [4.69, 9.17) is 16.3 Å². The molecule has 0 radical (unpaired) electrons. The lowest BCUT2D eigenvalue weighted by atomic mass is 10.1. The lowest BCUT2D eigenvalue weighted by Crippen LogP contribution is -2.23. The van der Waals surface area contributed by atoms with Crippen molar-refractivity contribution in [2.45, 2.75) is 46.0 Å². The van der Waals surface area contributed by atoms with Gasteiger partial charge in [-0.15, -0.1) is 0 Å². The molecule has 1 aromatic carbocycles. The number of carbonyl (C=O) groups excluding carboxylic acids is 2. The molecule has 2 saturated carbocycles. The van der Waals surface area contributed by atoms with Crippen LogP contribution in [0.4, 0.5) is 10.1 Å². The van der Waals surface area contributed by atoms with Crippen molar-refractivity contribution in [2.75, 3.05) is 12.4 Å². The van der Waals surface area contributed by atoms with E-state index in [2.05, 4.69) is 10.3 Å². The third-order valence-corrected chi connectivity index (χ3v) is 7.82. The molecule has 0 unspecified atom stereocenters. The number of carbonyl (C=O) groups is 2. The van der Waals surface area contributed by atoms with E-state index in [0.29, 0.717) is 34.6 Å². The number of nitrogens with one attached hydrogen (secondary N) is 1. The third-order valence-electron chi connectivity index (χ3n) is 7.44. The topological polar surface area (TPSA) is 90.3 Å². The summed E-state index contributed by atoms with van der Waals surface area (Å²) in [4.78, 5) is 42.2. The lowest BCUT2D eigenvalue weighted by Gasteiger charge is -2.17. The highest BCUT2D eigenvalue weighted by molar-refractivity contribution is 6.31. The van der Waals surface area contributed by atoms with Crippen LogP contribution < -0.4 is 10.9 Å². The first-order valence-corrected chi connectivity index (χ1v) is 12.5. The van der Waals surface area contributed by atoms with Crippen molar-refractivity contribution in [3.05, 3.63) is 74.5 Å². The molecule has 9 heteroatoms. The first kappa shape index (κ1) is 25.1. The first-order valence-electron chi connectivity index (χ1n) is 12.1. The molecule has 3 aromatic rings. The highest BCUT2D eigenvalue weighted by atomic mass is 35.5. The molecule has 5 rings (SSSR count). The fourth-order valence-electron chi connectivity index (χ4n) is 4.67. The SMILES string of the molecule is COC(=O)[C@H]1C[C@@H]1c1cc(C)n(-c2cc(-c3cccc(NC(=O)C4(C)CC4)c3F)ncc2C)c(=O)c1Cl. The number of anilines is 1. The smallest absolute Gasteiger partial charge is 0.309 e. The molecular formula is C28H27ClFN3O4. The Morgan fingerprint density at radius 3 is 2.65 bits per heavy atom. The molecule has 2 aromatic heterocycles. The van der Waals surface area contributed by atoms with E-state index >= 15 is 4.39 Å². The molecule has 1 amide bonds. The number of hydrogen-bond acceptors (Lipinski definition) is 5. The molecule has 0 bridgehead atoms. The third kappa shape index (κ3) is 4.44. The van der Waals surface area contributed by atoms with E-state index in [9.17, 15) is 14.4 Å². The summed E-state index contributed by atoms with van der Waals surface area (Å²) < 4.78 is 21.8. The Balaban J connectivity index is 1.53. The number of pyridine rings is 2. The number of methoxy groups -OCH3 is 1. The monoisotopic (exact) mass is 523 g/mol. The number of amides is 1. The van der Waals surface area contributed by atoms with Crippen LogP contribution in [0.5, 0.6) is 0 Å². The molecule has 2 aliphatic carbocycles. The molecule has 0 saturated heterocycles. The molecule has 1 N–H and O–H groups in total. The molecule has 2 heterocycles. The Morgan fingerprint density at radius 1 is 1.24 bits per heavy atom. The Hall–Kier alpha value is -3.52. The Kier molecular flexibility index (Phi) is 6.18. The number of ether oxygens (including phenoxy) is 1. The van der Waals surface area contributed by atoms with Crippen molar-refractivity contribution in [1.82, 2.24) is 9.55 Å². The van der Waals surface area contributed by atoms with Gasteiger partial charge in [-0.25, -0.2) is 4.39 Å². The van der Waals surface area contributed by atoms with E-state index in [1.54, 1.807) is 38.2 Å². The van der Waals surface area contributed by atoms with Crippen LogP contribution in [0.15, 0.2) is 41.3 Å². The Labute approximate surface area is 218 Å². The first-order chi connectivity index (χ1) is 17.6. The fraction of sp³-hybridized carbons (Fsp3) is 0.357. The predicted octanol–water partition coefficient (Wildman–Crippen LogP) is 5.32. The van der Waals surface area contributed by atoms with Crippen molar-refractivity contribution in [2.24, 2.45) is 11.3 Å². The van der Waals surface area contributed by atoms with Crippen molar-refractivity contribution < 1.29 is 18.7 Å². The van der Waals surface area contributed by atoms with Crippen LogP contribution in [0.2, 0.25) is 5.02 Å². The van der Waals surface area contributed by atoms with Gasteiger partial charge in [-0.1, -0.05) is 24.6 Å². The second kappa shape index (κ2) is 9.10. The zero-order valence-corrected chi connectivity index (χ0v) is 21.8.